The number of aromatic nitrogens is 2. The van der Waals surface area contributed by atoms with Gasteiger partial charge in [-0.25, -0.2) is 0 Å². The fraction of sp³-hybridized carbons (Fsp3) is 0.214. The average molecular weight is 241 g/mol. The highest BCUT2D eigenvalue weighted by molar-refractivity contribution is 5.97. The zero-order valence-electron chi connectivity index (χ0n) is 10.4. The molecule has 0 radical (unpaired) electrons. The number of nitrogens with zero attached hydrogens (tertiary/aromatic N) is 1. The number of hydrogen-bond donors (Lipinski definition) is 2. The molecule has 18 heavy (non-hydrogen) atoms. The molecule has 0 saturated carbocycles. The van der Waals surface area contributed by atoms with Crippen molar-refractivity contribution < 1.29 is 4.52 Å². The van der Waals surface area contributed by atoms with Crippen molar-refractivity contribution in [3.05, 3.63) is 35.5 Å². The molecule has 0 spiro atoms. The standard InChI is InChI=1S/C14H15N3O/c1-3-9-4-5-11-10(6-9)14(8(2)16-11)12-7-13(15)18-17-12/h4-7,16H,3,15H2,1-2H3. The molecule has 92 valence electrons. The van der Waals surface area contributed by atoms with Crippen molar-refractivity contribution >= 4 is 16.8 Å². The summed E-state index contributed by atoms with van der Waals surface area (Å²) >= 11 is 0. The lowest BCUT2D eigenvalue weighted by Gasteiger charge is -1.98. The molecule has 4 nitrogen and oxygen atoms in total. The highest BCUT2D eigenvalue weighted by Gasteiger charge is 2.14. The number of aromatic amines is 1. The molecule has 0 aliphatic rings. The maximum atomic E-state index is 5.60. The third-order valence-corrected chi connectivity index (χ3v) is 3.24. The molecule has 0 saturated heterocycles. The van der Waals surface area contributed by atoms with Gasteiger partial charge < -0.3 is 15.2 Å². The molecule has 3 aromatic rings. The van der Waals surface area contributed by atoms with E-state index in [9.17, 15) is 0 Å². The quantitative estimate of drug-likeness (QED) is 0.723. The molecule has 2 aromatic heterocycles. The Bertz CT molecular complexity index is 709. The molecule has 1 aromatic carbocycles. The second kappa shape index (κ2) is 3.91. The Labute approximate surface area is 105 Å². The number of fused-ring (bicyclic) bond motifs is 1. The summed E-state index contributed by atoms with van der Waals surface area (Å²) in [4.78, 5) is 3.36. The largest absolute Gasteiger partial charge is 0.368 e. The Balaban J connectivity index is 2.29. The molecule has 0 bridgehead atoms. The number of hydrogen-bond acceptors (Lipinski definition) is 3. The van der Waals surface area contributed by atoms with Gasteiger partial charge in [-0.3, -0.25) is 0 Å². The summed E-state index contributed by atoms with van der Waals surface area (Å²) in [7, 11) is 0. The Morgan fingerprint density at radius 1 is 1.33 bits per heavy atom. The van der Waals surface area contributed by atoms with E-state index >= 15 is 0 Å². The van der Waals surface area contributed by atoms with Gasteiger partial charge in [-0.1, -0.05) is 18.1 Å². The van der Waals surface area contributed by atoms with Gasteiger partial charge in [-0.15, -0.1) is 0 Å². The first kappa shape index (κ1) is 10.9. The molecule has 3 rings (SSSR count). The zero-order valence-corrected chi connectivity index (χ0v) is 10.4. The summed E-state index contributed by atoms with van der Waals surface area (Å²) in [6.45, 7) is 4.18. The van der Waals surface area contributed by atoms with Crippen LogP contribution in [0, 0.1) is 6.92 Å². The van der Waals surface area contributed by atoms with Crippen molar-refractivity contribution in [1.82, 2.24) is 10.1 Å². The lowest BCUT2D eigenvalue weighted by Crippen LogP contribution is -1.81. The predicted molar refractivity (Wildman–Crippen MR) is 72.3 cm³/mol. The van der Waals surface area contributed by atoms with Crippen molar-refractivity contribution in [2.24, 2.45) is 0 Å². The summed E-state index contributed by atoms with van der Waals surface area (Å²) in [5.41, 5.74) is 10.9. The number of nitrogens with two attached hydrogens (primary N) is 1. The van der Waals surface area contributed by atoms with Gasteiger partial charge in [0.25, 0.3) is 0 Å². The number of nitrogens with one attached hydrogen (secondary N) is 1. The van der Waals surface area contributed by atoms with Crippen LogP contribution < -0.4 is 5.73 Å². The average Bonchev–Trinajstić information content (AvgIpc) is 2.90. The van der Waals surface area contributed by atoms with Crippen molar-refractivity contribution in [2.45, 2.75) is 20.3 Å². The molecule has 0 fully saturated rings. The topological polar surface area (TPSA) is 67.8 Å². The number of nitrogen functional groups attached to an aromatic ring is 1. The highest BCUT2D eigenvalue weighted by Crippen LogP contribution is 2.32. The molecule has 0 amide bonds. The Morgan fingerprint density at radius 2 is 2.17 bits per heavy atom. The van der Waals surface area contributed by atoms with E-state index in [1.165, 1.54) is 10.9 Å². The fourth-order valence-corrected chi connectivity index (χ4v) is 2.33. The van der Waals surface area contributed by atoms with Crippen LogP contribution in [0.2, 0.25) is 0 Å². The van der Waals surface area contributed by atoms with E-state index < -0.39 is 0 Å². The maximum Gasteiger partial charge on any atom is 0.222 e. The lowest BCUT2D eigenvalue weighted by atomic mass is 10.0. The molecule has 0 unspecified atom stereocenters. The van der Waals surface area contributed by atoms with E-state index in [1.54, 1.807) is 6.07 Å². The van der Waals surface area contributed by atoms with Gasteiger partial charge >= 0.3 is 0 Å². The smallest absolute Gasteiger partial charge is 0.222 e. The van der Waals surface area contributed by atoms with Gasteiger partial charge in [0.2, 0.25) is 5.88 Å². The second-order valence-electron chi connectivity index (χ2n) is 4.47. The molecule has 2 heterocycles. The van der Waals surface area contributed by atoms with Gasteiger partial charge in [0.15, 0.2) is 0 Å². The van der Waals surface area contributed by atoms with E-state index in [0.717, 1.165) is 28.9 Å². The summed E-state index contributed by atoms with van der Waals surface area (Å²) in [5.74, 6) is 0.338. The van der Waals surface area contributed by atoms with Crippen LogP contribution in [0.4, 0.5) is 5.88 Å². The van der Waals surface area contributed by atoms with Crippen LogP contribution in [-0.4, -0.2) is 10.1 Å². The first-order chi connectivity index (χ1) is 8.69. The van der Waals surface area contributed by atoms with E-state index in [1.807, 2.05) is 6.92 Å². The molecule has 4 heteroatoms. The first-order valence-corrected chi connectivity index (χ1v) is 6.03. The summed E-state index contributed by atoms with van der Waals surface area (Å²) in [5, 5.41) is 5.17. The van der Waals surface area contributed by atoms with Crippen LogP contribution in [0.25, 0.3) is 22.2 Å². The minimum absolute atomic E-state index is 0.338. The van der Waals surface area contributed by atoms with E-state index in [4.69, 9.17) is 10.3 Å². The summed E-state index contributed by atoms with van der Waals surface area (Å²) < 4.78 is 4.96. The van der Waals surface area contributed by atoms with Crippen LogP contribution in [0.15, 0.2) is 28.8 Å². The molecular formula is C14H15N3O. The number of H-pyrrole nitrogens is 1. The van der Waals surface area contributed by atoms with Crippen molar-refractivity contribution in [3.8, 4) is 11.3 Å². The number of aryl methyl sites for hydroxylation is 2. The van der Waals surface area contributed by atoms with E-state index in [0.29, 0.717) is 5.88 Å². The normalized spacial score (nSPS) is 11.2. The predicted octanol–water partition coefficient (Wildman–Crippen LogP) is 3.28. The van der Waals surface area contributed by atoms with Crippen molar-refractivity contribution in [2.75, 3.05) is 5.73 Å². The monoisotopic (exact) mass is 241 g/mol. The van der Waals surface area contributed by atoms with Gasteiger partial charge in [-0.05, 0) is 31.0 Å². The minimum Gasteiger partial charge on any atom is -0.368 e. The van der Waals surface area contributed by atoms with Gasteiger partial charge in [0.1, 0.15) is 5.69 Å². The summed E-state index contributed by atoms with van der Waals surface area (Å²) in [6.07, 6.45) is 1.01. The first-order valence-electron chi connectivity index (χ1n) is 6.03. The van der Waals surface area contributed by atoms with Gasteiger partial charge in [0, 0.05) is 28.2 Å². The second-order valence-corrected chi connectivity index (χ2v) is 4.47. The van der Waals surface area contributed by atoms with Crippen LogP contribution >= 0.6 is 0 Å². The maximum absolute atomic E-state index is 5.60. The Kier molecular flexibility index (Phi) is 2.37. The molecule has 0 aliphatic heterocycles. The van der Waals surface area contributed by atoms with Gasteiger partial charge in [-0.2, -0.15) is 0 Å². The van der Waals surface area contributed by atoms with Crippen molar-refractivity contribution in [1.29, 1.82) is 0 Å². The van der Waals surface area contributed by atoms with Crippen LogP contribution in [0.3, 0.4) is 0 Å². The number of benzene rings is 1. The third-order valence-electron chi connectivity index (χ3n) is 3.24. The number of rotatable bonds is 2. The minimum atomic E-state index is 0.338. The van der Waals surface area contributed by atoms with Crippen LogP contribution in [0.5, 0.6) is 0 Å². The molecular weight excluding hydrogens is 226 g/mol. The van der Waals surface area contributed by atoms with Gasteiger partial charge in [0.05, 0.1) is 0 Å². The SMILES string of the molecule is CCc1ccc2[nH]c(C)c(-c3cc(N)on3)c2c1. The molecule has 3 N–H and O–H groups in total. The Hall–Kier alpha value is -2.23. The van der Waals surface area contributed by atoms with E-state index in [2.05, 4.69) is 35.3 Å². The molecule has 0 atom stereocenters. The van der Waals surface area contributed by atoms with Crippen LogP contribution in [-0.2, 0) is 6.42 Å². The lowest BCUT2D eigenvalue weighted by molar-refractivity contribution is 0.439. The van der Waals surface area contributed by atoms with Crippen LogP contribution in [0.1, 0.15) is 18.2 Å². The third kappa shape index (κ3) is 1.57. The highest BCUT2D eigenvalue weighted by atomic mass is 16.5. The molecule has 0 aliphatic carbocycles. The zero-order chi connectivity index (χ0) is 12.7. The fourth-order valence-electron chi connectivity index (χ4n) is 2.33. The number of anilines is 1. The van der Waals surface area contributed by atoms with E-state index in [-0.39, 0.29) is 0 Å². The van der Waals surface area contributed by atoms with Crippen molar-refractivity contribution in [3.63, 3.8) is 0 Å². The Morgan fingerprint density at radius 3 is 2.83 bits per heavy atom. The summed E-state index contributed by atoms with van der Waals surface area (Å²) in [6, 6.07) is 8.20.